The van der Waals surface area contributed by atoms with Crippen LogP contribution < -0.4 is 10.1 Å². The number of benzene rings is 2. The van der Waals surface area contributed by atoms with E-state index in [0.29, 0.717) is 6.61 Å². The Kier molecular flexibility index (Phi) is 5.21. The predicted molar refractivity (Wildman–Crippen MR) is 102 cm³/mol. The van der Waals surface area contributed by atoms with Crippen LogP contribution in [0.1, 0.15) is 29.9 Å². The highest BCUT2D eigenvalue weighted by molar-refractivity contribution is 5.85. The number of carbonyl (C=O) groups excluding carboxylic acids is 1. The van der Waals surface area contributed by atoms with Crippen molar-refractivity contribution in [3.8, 4) is 5.75 Å². The van der Waals surface area contributed by atoms with Crippen molar-refractivity contribution < 1.29 is 9.53 Å². The number of carbonyl (C=O) groups is 1. The minimum atomic E-state index is -0.165. The number of piperidine rings is 1. The lowest BCUT2D eigenvalue weighted by Crippen LogP contribution is -2.46. The molecule has 1 amide bonds. The third-order valence-electron chi connectivity index (χ3n) is 5.51. The van der Waals surface area contributed by atoms with Crippen LogP contribution in [0.15, 0.2) is 54.6 Å². The van der Waals surface area contributed by atoms with Crippen molar-refractivity contribution in [2.24, 2.45) is 0 Å². The quantitative estimate of drug-likeness (QED) is 0.901. The van der Waals surface area contributed by atoms with Crippen molar-refractivity contribution in [3.05, 3.63) is 65.7 Å². The van der Waals surface area contributed by atoms with Gasteiger partial charge >= 0.3 is 0 Å². The molecule has 0 bridgehead atoms. The van der Waals surface area contributed by atoms with Gasteiger partial charge in [-0.05, 0) is 30.9 Å². The maximum absolute atomic E-state index is 12.7. The van der Waals surface area contributed by atoms with E-state index >= 15 is 0 Å². The molecule has 1 atom stereocenters. The van der Waals surface area contributed by atoms with Crippen LogP contribution in [-0.4, -0.2) is 43.1 Å². The average Bonchev–Trinajstić information content (AvgIpc) is 3.12. The summed E-state index contributed by atoms with van der Waals surface area (Å²) in [5.74, 6) is 0.795. The summed E-state index contributed by atoms with van der Waals surface area (Å²) in [5.41, 5.74) is 2.41. The van der Waals surface area contributed by atoms with Gasteiger partial charge in [-0.25, -0.2) is 0 Å². The van der Waals surface area contributed by atoms with Crippen LogP contribution in [-0.2, 0) is 11.2 Å². The first-order chi connectivity index (χ1) is 12.8. The van der Waals surface area contributed by atoms with Gasteiger partial charge in [0.1, 0.15) is 18.3 Å². The Hall–Kier alpha value is -2.33. The van der Waals surface area contributed by atoms with Gasteiger partial charge in [-0.2, -0.15) is 0 Å². The molecule has 1 N–H and O–H groups in total. The normalized spacial score (nSPS) is 20.4. The summed E-state index contributed by atoms with van der Waals surface area (Å²) in [6.07, 6.45) is 3.14. The van der Waals surface area contributed by atoms with Crippen LogP contribution in [0.3, 0.4) is 0 Å². The molecule has 4 heteroatoms. The maximum Gasteiger partial charge on any atom is 0.231 e. The molecule has 2 aromatic carbocycles. The van der Waals surface area contributed by atoms with E-state index in [2.05, 4.69) is 40.5 Å². The van der Waals surface area contributed by atoms with Gasteiger partial charge in [0, 0.05) is 31.2 Å². The molecule has 2 aliphatic rings. The molecule has 0 spiro atoms. The van der Waals surface area contributed by atoms with Gasteiger partial charge in [0.2, 0.25) is 5.91 Å². The lowest BCUT2D eigenvalue weighted by atomic mass is 9.98. The summed E-state index contributed by atoms with van der Waals surface area (Å²) < 4.78 is 5.64. The number of nitrogens with one attached hydrogen (secondary N) is 1. The molecular weight excluding hydrogens is 324 g/mol. The summed E-state index contributed by atoms with van der Waals surface area (Å²) in [7, 11) is 0. The van der Waals surface area contributed by atoms with Gasteiger partial charge in [-0.3, -0.25) is 4.79 Å². The topological polar surface area (TPSA) is 41.6 Å². The molecule has 2 aromatic rings. The van der Waals surface area contributed by atoms with Crippen LogP contribution in [0, 0.1) is 0 Å². The van der Waals surface area contributed by atoms with E-state index in [0.717, 1.165) is 50.2 Å². The van der Waals surface area contributed by atoms with Crippen LogP contribution >= 0.6 is 0 Å². The SMILES string of the molecule is O=C(NC1CCN(CCc2ccccc2)CC1)C1COc2ccccc21. The number of fused-ring (bicyclic) bond motifs is 1. The smallest absolute Gasteiger partial charge is 0.231 e. The van der Waals surface area contributed by atoms with Crippen molar-refractivity contribution in [3.63, 3.8) is 0 Å². The summed E-state index contributed by atoms with van der Waals surface area (Å²) in [6.45, 7) is 3.65. The summed E-state index contributed by atoms with van der Waals surface area (Å²) in [6, 6.07) is 18.8. The number of rotatable bonds is 5. The van der Waals surface area contributed by atoms with Crippen LogP contribution in [0.4, 0.5) is 0 Å². The zero-order valence-electron chi connectivity index (χ0n) is 15.1. The number of amides is 1. The summed E-state index contributed by atoms with van der Waals surface area (Å²) in [4.78, 5) is 15.2. The van der Waals surface area contributed by atoms with Crippen molar-refractivity contribution in [2.75, 3.05) is 26.2 Å². The molecule has 136 valence electrons. The fraction of sp³-hybridized carbons (Fsp3) is 0.409. The van der Waals surface area contributed by atoms with Crippen LogP contribution in [0.2, 0.25) is 0 Å². The molecule has 0 aliphatic carbocycles. The third kappa shape index (κ3) is 3.91. The molecule has 2 aliphatic heterocycles. The Labute approximate surface area is 155 Å². The molecular formula is C22H26N2O2. The number of ether oxygens (including phenoxy) is 1. The van der Waals surface area contributed by atoms with Crippen molar-refractivity contribution >= 4 is 5.91 Å². The first-order valence-electron chi connectivity index (χ1n) is 9.58. The Balaban J connectivity index is 1.23. The highest BCUT2D eigenvalue weighted by atomic mass is 16.5. The Morgan fingerprint density at radius 2 is 1.77 bits per heavy atom. The molecule has 1 fully saturated rings. The molecule has 4 nitrogen and oxygen atoms in total. The third-order valence-corrected chi connectivity index (χ3v) is 5.51. The van der Waals surface area contributed by atoms with Gasteiger partial charge < -0.3 is 15.0 Å². The molecule has 1 unspecified atom stereocenters. The number of hydrogen-bond acceptors (Lipinski definition) is 3. The van der Waals surface area contributed by atoms with Gasteiger partial charge in [0.25, 0.3) is 0 Å². The zero-order chi connectivity index (χ0) is 17.8. The predicted octanol–water partition coefficient (Wildman–Crippen LogP) is 2.99. The monoisotopic (exact) mass is 350 g/mol. The van der Waals surface area contributed by atoms with Crippen molar-refractivity contribution in [1.82, 2.24) is 10.2 Å². The fourth-order valence-electron chi connectivity index (χ4n) is 3.91. The lowest BCUT2D eigenvalue weighted by Gasteiger charge is -2.32. The minimum Gasteiger partial charge on any atom is -0.492 e. The highest BCUT2D eigenvalue weighted by Crippen LogP contribution is 2.33. The average molecular weight is 350 g/mol. The Bertz CT molecular complexity index is 739. The summed E-state index contributed by atoms with van der Waals surface area (Å²) in [5, 5.41) is 3.25. The first-order valence-corrected chi connectivity index (χ1v) is 9.58. The number of nitrogens with zero attached hydrogens (tertiary/aromatic N) is 1. The molecule has 26 heavy (non-hydrogen) atoms. The Morgan fingerprint density at radius 3 is 2.58 bits per heavy atom. The molecule has 0 aromatic heterocycles. The fourth-order valence-corrected chi connectivity index (χ4v) is 3.91. The largest absolute Gasteiger partial charge is 0.492 e. The van der Waals surface area contributed by atoms with Gasteiger partial charge in [0.05, 0.1) is 0 Å². The van der Waals surface area contributed by atoms with E-state index in [4.69, 9.17) is 4.74 Å². The van der Waals surface area contributed by atoms with Gasteiger partial charge in [-0.1, -0.05) is 48.5 Å². The maximum atomic E-state index is 12.7. The van der Waals surface area contributed by atoms with Crippen molar-refractivity contribution in [2.45, 2.75) is 31.2 Å². The summed E-state index contributed by atoms with van der Waals surface area (Å²) >= 11 is 0. The van der Waals surface area contributed by atoms with Crippen LogP contribution in [0.25, 0.3) is 0 Å². The number of hydrogen-bond donors (Lipinski definition) is 1. The molecule has 4 rings (SSSR count). The number of para-hydroxylation sites is 1. The zero-order valence-corrected chi connectivity index (χ0v) is 15.1. The number of likely N-dealkylation sites (tertiary alicyclic amines) is 1. The second kappa shape index (κ2) is 7.92. The van der Waals surface area contributed by atoms with E-state index in [-0.39, 0.29) is 17.9 Å². The van der Waals surface area contributed by atoms with Gasteiger partial charge in [-0.15, -0.1) is 0 Å². The Morgan fingerprint density at radius 1 is 1.04 bits per heavy atom. The molecule has 0 saturated carbocycles. The lowest BCUT2D eigenvalue weighted by molar-refractivity contribution is -0.123. The van der Waals surface area contributed by atoms with E-state index in [1.54, 1.807) is 0 Å². The molecule has 0 radical (unpaired) electrons. The van der Waals surface area contributed by atoms with Crippen molar-refractivity contribution in [1.29, 1.82) is 0 Å². The molecule has 1 saturated heterocycles. The molecule has 2 heterocycles. The van der Waals surface area contributed by atoms with Crippen LogP contribution in [0.5, 0.6) is 5.75 Å². The van der Waals surface area contributed by atoms with E-state index in [1.807, 2.05) is 24.3 Å². The second-order valence-corrected chi connectivity index (χ2v) is 7.26. The minimum absolute atomic E-state index is 0.109. The van der Waals surface area contributed by atoms with E-state index in [1.165, 1.54) is 5.56 Å². The standard InChI is InChI=1S/C22H26N2O2/c25-22(20-16-26-21-9-5-4-8-19(20)21)23-18-11-14-24(15-12-18)13-10-17-6-2-1-3-7-17/h1-9,18,20H,10-16H2,(H,23,25). The van der Waals surface area contributed by atoms with Gasteiger partial charge in [0.15, 0.2) is 0 Å². The van der Waals surface area contributed by atoms with E-state index in [9.17, 15) is 4.79 Å². The second-order valence-electron chi connectivity index (χ2n) is 7.26. The highest BCUT2D eigenvalue weighted by Gasteiger charge is 2.31. The first kappa shape index (κ1) is 17.1. The van der Waals surface area contributed by atoms with E-state index < -0.39 is 0 Å².